The van der Waals surface area contributed by atoms with Crippen molar-refractivity contribution in [3.8, 4) is 11.1 Å². The molecule has 0 aliphatic carbocycles. The third-order valence-electron chi connectivity index (χ3n) is 5.23. The van der Waals surface area contributed by atoms with Gasteiger partial charge >= 0.3 is 0 Å². The van der Waals surface area contributed by atoms with Gasteiger partial charge in [-0.15, -0.1) is 11.8 Å². The zero-order valence-corrected chi connectivity index (χ0v) is 16.3. The highest BCUT2D eigenvalue weighted by Crippen LogP contribution is 2.34. The highest BCUT2D eigenvalue weighted by atomic mass is 32.2. The Morgan fingerprint density at radius 3 is 1.68 bits per heavy atom. The molecule has 5 aromatic carbocycles. The minimum atomic E-state index is 0.965. The van der Waals surface area contributed by atoms with Gasteiger partial charge in [-0.1, -0.05) is 91.0 Å². The highest BCUT2D eigenvalue weighted by Gasteiger charge is 2.08. The number of hydrogen-bond donors (Lipinski definition) is 0. The van der Waals surface area contributed by atoms with Crippen LogP contribution in [0.2, 0.25) is 0 Å². The number of benzene rings is 5. The predicted octanol–water partition coefficient (Wildman–Crippen LogP) is 7.95. The molecule has 0 bridgehead atoms. The average Bonchev–Trinajstić information content (AvgIpc) is 2.77. The Bertz CT molecular complexity index is 1180. The van der Waals surface area contributed by atoms with Crippen molar-refractivity contribution in [3.05, 3.63) is 115 Å². The topological polar surface area (TPSA) is 0 Å². The summed E-state index contributed by atoms with van der Waals surface area (Å²) in [5.41, 5.74) is 3.95. The molecular formula is C27H20S. The summed E-state index contributed by atoms with van der Waals surface area (Å²) in [5, 5.41) is 5.34. The van der Waals surface area contributed by atoms with Crippen LogP contribution in [0, 0.1) is 0 Å². The van der Waals surface area contributed by atoms with Gasteiger partial charge in [-0.2, -0.15) is 0 Å². The average molecular weight is 377 g/mol. The smallest absolute Gasteiger partial charge is 0.0244 e. The van der Waals surface area contributed by atoms with Gasteiger partial charge in [0.2, 0.25) is 0 Å². The molecule has 5 rings (SSSR count). The second kappa shape index (κ2) is 7.53. The third-order valence-corrected chi connectivity index (χ3v) is 6.27. The summed E-state index contributed by atoms with van der Waals surface area (Å²) >= 11 is 1.91. The van der Waals surface area contributed by atoms with Crippen LogP contribution in [0.4, 0.5) is 0 Å². The molecule has 0 nitrogen and oxygen atoms in total. The van der Waals surface area contributed by atoms with E-state index in [0.717, 1.165) is 5.75 Å². The van der Waals surface area contributed by atoms with E-state index in [9.17, 15) is 0 Å². The zero-order valence-electron chi connectivity index (χ0n) is 15.5. The molecule has 28 heavy (non-hydrogen) atoms. The quantitative estimate of drug-likeness (QED) is 0.226. The van der Waals surface area contributed by atoms with Gasteiger partial charge in [0.05, 0.1) is 0 Å². The van der Waals surface area contributed by atoms with E-state index in [-0.39, 0.29) is 0 Å². The lowest BCUT2D eigenvalue weighted by Gasteiger charge is -2.12. The first-order chi connectivity index (χ1) is 13.9. The fourth-order valence-corrected chi connectivity index (χ4v) is 4.74. The van der Waals surface area contributed by atoms with Gasteiger partial charge in [0, 0.05) is 10.6 Å². The van der Waals surface area contributed by atoms with E-state index in [4.69, 9.17) is 0 Å². The van der Waals surface area contributed by atoms with Crippen molar-refractivity contribution in [2.45, 2.75) is 10.6 Å². The van der Waals surface area contributed by atoms with Crippen LogP contribution in [0.1, 0.15) is 5.56 Å². The van der Waals surface area contributed by atoms with Crippen LogP contribution >= 0.6 is 11.8 Å². The van der Waals surface area contributed by atoms with Crippen molar-refractivity contribution in [3.63, 3.8) is 0 Å². The number of hydrogen-bond acceptors (Lipinski definition) is 1. The van der Waals surface area contributed by atoms with E-state index >= 15 is 0 Å². The largest absolute Gasteiger partial charge is 0.121 e. The summed E-state index contributed by atoms with van der Waals surface area (Å²) in [7, 11) is 0. The first kappa shape index (κ1) is 17.1. The van der Waals surface area contributed by atoms with E-state index < -0.39 is 0 Å². The van der Waals surface area contributed by atoms with E-state index in [1.807, 2.05) is 11.8 Å². The first-order valence-corrected chi connectivity index (χ1v) is 10.5. The molecule has 0 heterocycles. The Kier molecular flexibility index (Phi) is 4.60. The maximum absolute atomic E-state index is 2.30. The molecule has 0 fully saturated rings. The Morgan fingerprint density at radius 1 is 0.500 bits per heavy atom. The molecule has 0 radical (unpaired) electrons. The van der Waals surface area contributed by atoms with Gasteiger partial charge in [-0.3, -0.25) is 0 Å². The molecule has 0 atom stereocenters. The molecule has 5 aromatic rings. The van der Waals surface area contributed by atoms with E-state index in [0.29, 0.717) is 0 Å². The van der Waals surface area contributed by atoms with Crippen LogP contribution in [-0.4, -0.2) is 0 Å². The standard InChI is InChI=1S/C27H20S/c1-2-8-20(9-3-1)21-14-16-24(17-15-21)28-19-27-25-12-6-4-10-22(25)18-23-11-5-7-13-26(23)27/h1-18H,19H2. The van der Waals surface area contributed by atoms with Crippen molar-refractivity contribution in [1.29, 1.82) is 0 Å². The van der Waals surface area contributed by atoms with Crippen LogP contribution in [0.5, 0.6) is 0 Å². The van der Waals surface area contributed by atoms with Crippen molar-refractivity contribution in [2.24, 2.45) is 0 Å². The predicted molar refractivity (Wildman–Crippen MR) is 123 cm³/mol. The second-order valence-corrected chi connectivity index (χ2v) is 8.03. The van der Waals surface area contributed by atoms with Gasteiger partial charge < -0.3 is 0 Å². The molecule has 0 aliphatic heterocycles. The molecule has 0 unspecified atom stereocenters. The summed E-state index contributed by atoms with van der Waals surface area (Å²) in [4.78, 5) is 1.30. The summed E-state index contributed by atoms with van der Waals surface area (Å²) in [6.07, 6.45) is 0. The molecule has 0 spiro atoms. The Hall–Kier alpha value is -3.03. The van der Waals surface area contributed by atoms with E-state index in [1.165, 1.54) is 43.1 Å². The van der Waals surface area contributed by atoms with Crippen molar-refractivity contribution >= 4 is 33.3 Å². The molecule has 0 N–H and O–H groups in total. The monoisotopic (exact) mass is 376 g/mol. The Morgan fingerprint density at radius 2 is 1.04 bits per heavy atom. The van der Waals surface area contributed by atoms with Gasteiger partial charge in [0.25, 0.3) is 0 Å². The van der Waals surface area contributed by atoms with Crippen molar-refractivity contribution < 1.29 is 0 Å². The van der Waals surface area contributed by atoms with Crippen molar-refractivity contribution in [2.75, 3.05) is 0 Å². The third kappa shape index (κ3) is 3.30. The van der Waals surface area contributed by atoms with Gasteiger partial charge in [-0.05, 0) is 56.4 Å². The first-order valence-electron chi connectivity index (χ1n) is 9.56. The highest BCUT2D eigenvalue weighted by molar-refractivity contribution is 7.98. The van der Waals surface area contributed by atoms with Crippen LogP contribution in [0.15, 0.2) is 114 Å². The lowest BCUT2D eigenvalue weighted by Crippen LogP contribution is -1.88. The van der Waals surface area contributed by atoms with Crippen molar-refractivity contribution in [1.82, 2.24) is 0 Å². The minimum absolute atomic E-state index is 0.965. The van der Waals surface area contributed by atoms with E-state index in [1.54, 1.807) is 0 Å². The molecule has 0 amide bonds. The van der Waals surface area contributed by atoms with E-state index in [2.05, 4.69) is 109 Å². The number of fused-ring (bicyclic) bond motifs is 2. The molecular weight excluding hydrogens is 356 g/mol. The van der Waals surface area contributed by atoms with Gasteiger partial charge in [0.15, 0.2) is 0 Å². The summed E-state index contributed by atoms with van der Waals surface area (Å²) in [6, 6.07) is 39.2. The number of rotatable bonds is 4. The fourth-order valence-electron chi connectivity index (χ4n) is 3.79. The number of thioether (sulfide) groups is 1. The Balaban J connectivity index is 1.47. The van der Waals surface area contributed by atoms with Crippen LogP contribution in [0.3, 0.4) is 0 Å². The summed E-state index contributed by atoms with van der Waals surface area (Å²) in [5.74, 6) is 0.965. The van der Waals surface area contributed by atoms with Gasteiger partial charge in [0.1, 0.15) is 0 Å². The lowest BCUT2D eigenvalue weighted by molar-refractivity contribution is 1.42. The summed E-state index contributed by atoms with van der Waals surface area (Å²) < 4.78 is 0. The van der Waals surface area contributed by atoms with Crippen LogP contribution in [-0.2, 0) is 5.75 Å². The molecule has 0 aliphatic rings. The molecule has 0 saturated carbocycles. The minimum Gasteiger partial charge on any atom is -0.121 e. The molecule has 134 valence electrons. The maximum atomic E-state index is 2.30. The molecule has 1 heteroatoms. The molecule has 0 aromatic heterocycles. The maximum Gasteiger partial charge on any atom is 0.0244 e. The fraction of sp³-hybridized carbons (Fsp3) is 0.0370. The second-order valence-electron chi connectivity index (χ2n) is 6.98. The lowest BCUT2D eigenvalue weighted by atomic mass is 9.98. The Labute approximate surface area is 169 Å². The summed E-state index contributed by atoms with van der Waals surface area (Å²) in [6.45, 7) is 0. The zero-order chi connectivity index (χ0) is 18.8. The SMILES string of the molecule is c1ccc(-c2ccc(SCc3c4ccccc4cc4ccccc34)cc2)cc1. The van der Waals surface area contributed by atoms with Crippen LogP contribution < -0.4 is 0 Å². The normalized spacial score (nSPS) is 11.1. The van der Waals surface area contributed by atoms with Gasteiger partial charge in [-0.25, -0.2) is 0 Å². The molecule has 0 saturated heterocycles. The van der Waals surface area contributed by atoms with Crippen LogP contribution in [0.25, 0.3) is 32.7 Å².